The molecular weight excluding hydrogens is 195 g/mol. The highest BCUT2D eigenvalue weighted by atomic mass is 19.1. The molecule has 2 aromatic rings. The summed E-state index contributed by atoms with van der Waals surface area (Å²) in [7, 11) is 0. The van der Waals surface area contributed by atoms with Crippen molar-refractivity contribution in [2.75, 3.05) is 0 Å². The summed E-state index contributed by atoms with van der Waals surface area (Å²) in [5, 5.41) is 0. The molecule has 15 heavy (non-hydrogen) atoms. The number of aromatic nitrogens is 2. The van der Waals surface area contributed by atoms with Crippen LogP contribution in [0.2, 0.25) is 0 Å². The van der Waals surface area contributed by atoms with Crippen molar-refractivity contribution < 1.29 is 9.13 Å². The molecule has 0 aliphatic rings. The van der Waals surface area contributed by atoms with Gasteiger partial charge >= 0.3 is 6.01 Å². The number of hydrogen-bond acceptors (Lipinski definition) is 2. The fourth-order valence-electron chi connectivity index (χ4n) is 1.28. The highest BCUT2D eigenvalue weighted by Gasteiger charge is 2.04. The van der Waals surface area contributed by atoms with Gasteiger partial charge in [0, 0.05) is 25.0 Å². The third kappa shape index (κ3) is 2.15. The van der Waals surface area contributed by atoms with Gasteiger partial charge in [0.2, 0.25) is 0 Å². The molecule has 0 saturated carbocycles. The minimum atomic E-state index is -0.317. The van der Waals surface area contributed by atoms with Crippen LogP contribution in [0.25, 0.3) is 0 Å². The molecule has 0 atom stereocenters. The Labute approximate surface area is 87.1 Å². The second-order valence-electron chi connectivity index (χ2n) is 3.06. The van der Waals surface area contributed by atoms with E-state index in [-0.39, 0.29) is 5.82 Å². The highest BCUT2D eigenvalue weighted by molar-refractivity contribution is 5.25. The van der Waals surface area contributed by atoms with Crippen molar-refractivity contribution in [3.05, 3.63) is 42.5 Å². The molecule has 1 aromatic carbocycles. The van der Waals surface area contributed by atoms with E-state index >= 15 is 0 Å². The Hall–Kier alpha value is -1.84. The zero-order valence-electron chi connectivity index (χ0n) is 8.35. The first kappa shape index (κ1) is 9.71. The molecule has 0 saturated heterocycles. The Kier molecular flexibility index (Phi) is 2.67. The average Bonchev–Trinajstić information content (AvgIpc) is 2.65. The fourth-order valence-corrected chi connectivity index (χ4v) is 1.28. The number of ether oxygens (including phenoxy) is 1. The molecular formula is C11H11FN2O. The Bertz CT molecular complexity index is 453. The van der Waals surface area contributed by atoms with Crippen LogP contribution in [0.1, 0.15) is 6.92 Å². The summed E-state index contributed by atoms with van der Waals surface area (Å²) in [4.78, 5) is 4.03. The van der Waals surface area contributed by atoms with Crippen LogP contribution in [-0.2, 0) is 6.54 Å². The van der Waals surface area contributed by atoms with E-state index in [2.05, 4.69) is 4.98 Å². The molecule has 1 aromatic heterocycles. The maximum atomic E-state index is 12.9. The SMILES string of the molecule is CCn1ccnc1Oc1cccc(F)c1. The average molecular weight is 206 g/mol. The summed E-state index contributed by atoms with van der Waals surface area (Å²) in [5.41, 5.74) is 0. The summed E-state index contributed by atoms with van der Waals surface area (Å²) >= 11 is 0. The van der Waals surface area contributed by atoms with E-state index in [1.165, 1.54) is 12.1 Å². The number of aryl methyl sites for hydroxylation is 1. The van der Waals surface area contributed by atoms with Gasteiger partial charge in [-0.1, -0.05) is 6.07 Å². The van der Waals surface area contributed by atoms with Crippen molar-refractivity contribution in [2.45, 2.75) is 13.5 Å². The van der Waals surface area contributed by atoms with Crippen molar-refractivity contribution in [2.24, 2.45) is 0 Å². The normalized spacial score (nSPS) is 10.3. The number of imidazole rings is 1. The monoisotopic (exact) mass is 206 g/mol. The van der Waals surface area contributed by atoms with Gasteiger partial charge in [-0.25, -0.2) is 9.37 Å². The largest absolute Gasteiger partial charge is 0.425 e. The van der Waals surface area contributed by atoms with Gasteiger partial charge in [-0.15, -0.1) is 0 Å². The van der Waals surface area contributed by atoms with Crippen LogP contribution < -0.4 is 4.74 Å². The molecule has 0 N–H and O–H groups in total. The van der Waals surface area contributed by atoms with E-state index in [9.17, 15) is 4.39 Å². The first-order chi connectivity index (χ1) is 7.29. The van der Waals surface area contributed by atoms with E-state index < -0.39 is 0 Å². The van der Waals surface area contributed by atoms with Crippen molar-refractivity contribution in [3.63, 3.8) is 0 Å². The van der Waals surface area contributed by atoms with Crippen LogP contribution in [0.5, 0.6) is 11.8 Å². The zero-order chi connectivity index (χ0) is 10.7. The van der Waals surface area contributed by atoms with Crippen molar-refractivity contribution in [1.29, 1.82) is 0 Å². The number of nitrogens with zero attached hydrogens (tertiary/aromatic N) is 2. The second kappa shape index (κ2) is 4.13. The quantitative estimate of drug-likeness (QED) is 0.772. The van der Waals surface area contributed by atoms with Crippen LogP contribution in [0.4, 0.5) is 4.39 Å². The maximum absolute atomic E-state index is 12.9. The van der Waals surface area contributed by atoms with Crippen molar-refractivity contribution in [3.8, 4) is 11.8 Å². The molecule has 0 spiro atoms. The number of hydrogen-bond donors (Lipinski definition) is 0. The third-order valence-electron chi connectivity index (χ3n) is 2.02. The molecule has 0 fully saturated rings. The number of benzene rings is 1. The zero-order valence-corrected chi connectivity index (χ0v) is 8.35. The molecule has 2 rings (SSSR count). The van der Waals surface area contributed by atoms with E-state index in [0.29, 0.717) is 11.8 Å². The Morgan fingerprint density at radius 3 is 3.07 bits per heavy atom. The number of rotatable bonds is 3. The molecule has 0 unspecified atom stereocenters. The van der Waals surface area contributed by atoms with Crippen LogP contribution in [0.15, 0.2) is 36.7 Å². The Morgan fingerprint density at radius 1 is 1.47 bits per heavy atom. The van der Waals surface area contributed by atoms with Crippen LogP contribution in [-0.4, -0.2) is 9.55 Å². The molecule has 1 heterocycles. The first-order valence-corrected chi connectivity index (χ1v) is 4.74. The molecule has 0 radical (unpaired) electrons. The van der Waals surface area contributed by atoms with Gasteiger partial charge in [0.1, 0.15) is 11.6 Å². The molecule has 0 aliphatic carbocycles. The molecule has 0 aliphatic heterocycles. The lowest BCUT2D eigenvalue weighted by molar-refractivity contribution is 0.412. The predicted molar refractivity (Wildman–Crippen MR) is 54.4 cm³/mol. The molecule has 3 nitrogen and oxygen atoms in total. The lowest BCUT2D eigenvalue weighted by Crippen LogP contribution is -1.97. The second-order valence-corrected chi connectivity index (χ2v) is 3.06. The van der Waals surface area contributed by atoms with Gasteiger partial charge in [0.05, 0.1) is 0 Å². The lowest BCUT2D eigenvalue weighted by atomic mass is 10.3. The maximum Gasteiger partial charge on any atom is 0.301 e. The molecule has 4 heteroatoms. The van der Waals surface area contributed by atoms with Crippen LogP contribution in [0.3, 0.4) is 0 Å². The van der Waals surface area contributed by atoms with Gasteiger partial charge in [-0.3, -0.25) is 0 Å². The van der Waals surface area contributed by atoms with E-state index in [1.54, 1.807) is 18.3 Å². The van der Waals surface area contributed by atoms with Crippen LogP contribution >= 0.6 is 0 Å². The topological polar surface area (TPSA) is 27.1 Å². The van der Waals surface area contributed by atoms with Gasteiger partial charge < -0.3 is 9.30 Å². The van der Waals surface area contributed by atoms with Gasteiger partial charge in [0.25, 0.3) is 0 Å². The summed E-state index contributed by atoms with van der Waals surface area (Å²) in [6.07, 6.45) is 3.47. The van der Waals surface area contributed by atoms with E-state index in [1.807, 2.05) is 17.7 Å². The van der Waals surface area contributed by atoms with Gasteiger partial charge in [-0.05, 0) is 19.1 Å². The van der Waals surface area contributed by atoms with Gasteiger partial charge in [-0.2, -0.15) is 0 Å². The third-order valence-corrected chi connectivity index (χ3v) is 2.02. The summed E-state index contributed by atoms with van der Waals surface area (Å²) in [6, 6.07) is 6.47. The standard InChI is InChI=1S/C11H11FN2O/c1-2-14-7-6-13-11(14)15-10-5-3-4-9(12)8-10/h3-8H,2H2,1H3. The minimum absolute atomic E-state index is 0.317. The molecule has 0 bridgehead atoms. The van der Waals surface area contributed by atoms with Crippen LogP contribution in [0, 0.1) is 5.82 Å². The van der Waals surface area contributed by atoms with Crippen molar-refractivity contribution in [1.82, 2.24) is 9.55 Å². The van der Waals surface area contributed by atoms with Crippen molar-refractivity contribution >= 4 is 0 Å². The highest BCUT2D eigenvalue weighted by Crippen LogP contribution is 2.19. The Morgan fingerprint density at radius 2 is 2.33 bits per heavy atom. The summed E-state index contributed by atoms with van der Waals surface area (Å²) in [6.45, 7) is 2.75. The smallest absolute Gasteiger partial charge is 0.301 e. The lowest BCUT2D eigenvalue weighted by Gasteiger charge is -2.06. The Balaban J connectivity index is 2.22. The minimum Gasteiger partial charge on any atom is -0.425 e. The van der Waals surface area contributed by atoms with Gasteiger partial charge in [0.15, 0.2) is 0 Å². The van der Waals surface area contributed by atoms with E-state index in [0.717, 1.165) is 6.54 Å². The summed E-state index contributed by atoms with van der Waals surface area (Å²) in [5.74, 6) is 0.137. The molecule has 78 valence electrons. The molecule has 0 amide bonds. The first-order valence-electron chi connectivity index (χ1n) is 4.74. The fraction of sp³-hybridized carbons (Fsp3) is 0.182. The van der Waals surface area contributed by atoms with E-state index in [4.69, 9.17) is 4.74 Å². The summed E-state index contributed by atoms with van der Waals surface area (Å²) < 4.78 is 20.1. The number of halogens is 1. The predicted octanol–water partition coefficient (Wildman–Crippen LogP) is 2.83.